The summed E-state index contributed by atoms with van der Waals surface area (Å²) in [5.74, 6) is 0.621. The second-order valence-electron chi connectivity index (χ2n) is 5.07. The van der Waals surface area contributed by atoms with Gasteiger partial charge in [0.25, 0.3) is 0 Å². The Balaban J connectivity index is 0.00000338. The first-order valence-electron chi connectivity index (χ1n) is 7.84. The normalized spacial score (nSPS) is 11.7. The van der Waals surface area contributed by atoms with E-state index in [0.717, 1.165) is 9.88 Å². The third kappa shape index (κ3) is 7.51. The van der Waals surface area contributed by atoms with E-state index in [1.54, 1.807) is 17.4 Å². The summed E-state index contributed by atoms with van der Waals surface area (Å²) in [6, 6.07) is 3.09. The van der Waals surface area contributed by atoms with Crippen molar-refractivity contribution < 1.29 is 8.42 Å². The van der Waals surface area contributed by atoms with Crippen molar-refractivity contribution in [2.75, 3.05) is 19.6 Å². The van der Waals surface area contributed by atoms with Crippen LogP contribution in [-0.2, 0) is 16.6 Å². The Labute approximate surface area is 175 Å². The third-order valence-corrected chi connectivity index (χ3v) is 5.38. The first kappa shape index (κ1) is 22.7. The van der Waals surface area contributed by atoms with Crippen LogP contribution in [0.15, 0.2) is 40.6 Å². The fraction of sp³-hybridized carbons (Fsp3) is 0.400. The zero-order valence-corrected chi connectivity index (χ0v) is 18.6. The topological polar surface area (TPSA) is 108 Å². The molecule has 0 aliphatic heterocycles. The van der Waals surface area contributed by atoms with Crippen LogP contribution in [0.3, 0.4) is 0 Å². The smallest absolute Gasteiger partial charge is 0.242 e. The van der Waals surface area contributed by atoms with E-state index in [0.29, 0.717) is 25.6 Å². The predicted molar refractivity (Wildman–Crippen MR) is 115 cm³/mol. The lowest BCUT2D eigenvalue weighted by Crippen LogP contribution is -2.41. The summed E-state index contributed by atoms with van der Waals surface area (Å²) < 4.78 is 26.7. The quantitative estimate of drug-likeness (QED) is 0.215. The summed E-state index contributed by atoms with van der Waals surface area (Å²) in [6.07, 6.45) is 4.67. The van der Waals surface area contributed by atoms with Gasteiger partial charge in [-0.15, -0.1) is 35.3 Å². The number of pyridine rings is 1. The van der Waals surface area contributed by atoms with E-state index in [4.69, 9.17) is 0 Å². The molecule has 0 amide bonds. The number of thiazole rings is 1. The van der Waals surface area contributed by atoms with E-state index in [2.05, 4.69) is 30.3 Å². The van der Waals surface area contributed by atoms with Crippen molar-refractivity contribution in [3.05, 3.63) is 40.6 Å². The van der Waals surface area contributed by atoms with E-state index in [-0.39, 0.29) is 35.4 Å². The zero-order valence-electron chi connectivity index (χ0n) is 14.6. The van der Waals surface area contributed by atoms with Crippen LogP contribution < -0.4 is 15.4 Å². The number of aryl methyl sites for hydroxylation is 1. The van der Waals surface area contributed by atoms with Crippen LogP contribution in [0, 0.1) is 6.92 Å². The molecule has 2 aromatic rings. The number of nitrogens with one attached hydrogen (secondary N) is 3. The molecule has 0 saturated carbocycles. The highest BCUT2D eigenvalue weighted by Gasteiger charge is 2.12. The summed E-state index contributed by atoms with van der Waals surface area (Å²) in [7, 11) is -3.54. The lowest BCUT2D eigenvalue weighted by molar-refractivity contribution is 0.580. The van der Waals surface area contributed by atoms with Crippen LogP contribution >= 0.6 is 35.3 Å². The molecule has 0 fully saturated rings. The molecule has 8 nitrogen and oxygen atoms in total. The molecule has 0 aliphatic rings. The van der Waals surface area contributed by atoms with Gasteiger partial charge in [-0.25, -0.2) is 23.1 Å². The van der Waals surface area contributed by atoms with E-state index in [1.165, 1.54) is 18.5 Å². The van der Waals surface area contributed by atoms with Gasteiger partial charge in [0.1, 0.15) is 9.90 Å². The first-order valence-corrected chi connectivity index (χ1v) is 10.1. The number of rotatable bonds is 8. The number of halogens is 1. The van der Waals surface area contributed by atoms with Gasteiger partial charge in [-0.1, -0.05) is 0 Å². The lowest BCUT2D eigenvalue weighted by Gasteiger charge is -2.11. The molecule has 0 bridgehead atoms. The number of sulfonamides is 1. The molecular weight excluding hydrogens is 487 g/mol. The van der Waals surface area contributed by atoms with Crippen LogP contribution in [0.2, 0.25) is 0 Å². The van der Waals surface area contributed by atoms with Crippen molar-refractivity contribution >= 4 is 51.3 Å². The summed E-state index contributed by atoms with van der Waals surface area (Å²) in [5.41, 5.74) is 0. The summed E-state index contributed by atoms with van der Waals surface area (Å²) in [6.45, 7) is 5.80. The maximum absolute atomic E-state index is 12.1. The minimum Gasteiger partial charge on any atom is -0.357 e. The number of aromatic nitrogens is 2. The highest BCUT2D eigenvalue weighted by molar-refractivity contribution is 14.0. The van der Waals surface area contributed by atoms with Crippen LogP contribution in [0.4, 0.5) is 0 Å². The second-order valence-corrected chi connectivity index (χ2v) is 8.16. The van der Waals surface area contributed by atoms with Crippen molar-refractivity contribution in [1.82, 2.24) is 25.3 Å². The van der Waals surface area contributed by atoms with Gasteiger partial charge >= 0.3 is 0 Å². The molecule has 0 saturated heterocycles. The Bertz CT molecular complexity index is 795. The molecule has 2 aromatic heterocycles. The molecule has 144 valence electrons. The molecule has 0 unspecified atom stereocenters. The molecule has 11 heteroatoms. The van der Waals surface area contributed by atoms with Gasteiger partial charge in [-0.2, -0.15) is 0 Å². The monoisotopic (exact) mass is 510 g/mol. The van der Waals surface area contributed by atoms with Crippen molar-refractivity contribution in [3.8, 4) is 0 Å². The molecule has 0 spiro atoms. The average Bonchev–Trinajstić information content (AvgIpc) is 3.02. The van der Waals surface area contributed by atoms with Gasteiger partial charge in [-0.3, -0.25) is 4.98 Å². The maximum Gasteiger partial charge on any atom is 0.242 e. The van der Waals surface area contributed by atoms with E-state index in [9.17, 15) is 8.42 Å². The van der Waals surface area contributed by atoms with Crippen molar-refractivity contribution in [3.63, 3.8) is 0 Å². The molecule has 0 radical (unpaired) electrons. The Morgan fingerprint density at radius 3 is 2.69 bits per heavy atom. The lowest BCUT2D eigenvalue weighted by atomic mass is 10.5. The third-order valence-electron chi connectivity index (χ3n) is 3.04. The van der Waals surface area contributed by atoms with Crippen molar-refractivity contribution in [1.29, 1.82) is 0 Å². The molecule has 2 rings (SSSR count). The van der Waals surface area contributed by atoms with Gasteiger partial charge in [0.05, 0.1) is 6.54 Å². The standard InChI is InChI=1S/C15H22N6O2S2.HI/c1-3-17-15(20-11-14-19-9-12(2)24-14)18-7-8-21-25(22,23)13-5-4-6-16-10-13;/h4-6,9-10,21H,3,7-8,11H2,1-2H3,(H2,17,18,20);1H. The largest absolute Gasteiger partial charge is 0.357 e. The predicted octanol–water partition coefficient (Wildman–Crippen LogP) is 1.50. The number of hydrogen-bond acceptors (Lipinski definition) is 6. The molecule has 0 aliphatic carbocycles. The highest BCUT2D eigenvalue weighted by atomic mass is 127. The van der Waals surface area contributed by atoms with Crippen LogP contribution in [0.1, 0.15) is 16.8 Å². The maximum atomic E-state index is 12.1. The minimum absolute atomic E-state index is 0. The fourth-order valence-electron chi connectivity index (χ4n) is 1.92. The van der Waals surface area contributed by atoms with E-state index < -0.39 is 10.0 Å². The Morgan fingerprint density at radius 2 is 2.08 bits per heavy atom. The number of aliphatic imine (C=N–C) groups is 1. The molecule has 26 heavy (non-hydrogen) atoms. The van der Waals surface area contributed by atoms with Crippen molar-refractivity contribution in [2.24, 2.45) is 4.99 Å². The fourth-order valence-corrected chi connectivity index (χ4v) is 3.63. The molecule has 2 heterocycles. The average molecular weight is 510 g/mol. The molecule has 0 atom stereocenters. The van der Waals surface area contributed by atoms with Gasteiger partial charge in [0, 0.05) is 43.1 Å². The SMILES string of the molecule is CCNC(=NCc1ncc(C)s1)NCCNS(=O)(=O)c1cccnc1.I. The van der Waals surface area contributed by atoms with Gasteiger partial charge in [0.15, 0.2) is 5.96 Å². The van der Waals surface area contributed by atoms with Crippen molar-refractivity contribution in [2.45, 2.75) is 25.3 Å². The number of hydrogen-bond donors (Lipinski definition) is 3. The zero-order chi connectivity index (χ0) is 18.1. The number of guanidine groups is 1. The first-order chi connectivity index (χ1) is 12.0. The summed E-state index contributed by atoms with van der Waals surface area (Å²) in [4.78, 5) is 13.8. The minimum atomic E-state index is -3.54. The van der Waals surface area contributed by atoms with E-state index >= 15 is 0 Å². The Morgan fingerprint density at radius 1 is 1.27 bits per heavy atom. The van der Waals surface area contributed by atoms with Crippen LogP contribution in [0.25, 0.3) is 0 Å². The number of nitrogens with zero attached hydrogens (tertiary/aromatic N) is 3. The van der Waals surface area contributed by atoms with Crippen LogP contribution in [-0.4, -0.2) is 44.0 Å². The van der Waals surface area contributed by atoms with Gasteiger partial charge < -0.3 is 10.6 Å². The molecular formula is C15H23IN6O2S2. The Hall–Kier alpha value is -1.31. The van der Waals surface area contributed by atoms with Gasteiger partial charge in [-0.05, 0) is 26.0 Å². The second kappa shape index (κ2) is 11.4. The summed E-state index contributed by atoms with van der Waals surface area (Å²) in [5, 5.41) is 7.15. The highest BCUT2D eigenvalue weighted by Crippen LogP contribution is 2.11. The molecule has 3 N–H and O–H groups in total. The van der Waals surface area contributed by atoms with E-state index in [1.807, 2.05) is 20.0 Å². The summed E-state index contributed by atoms with van der Waals surface area (Å²) >= 11 is 1.61. The van der Waals surface area contributed by atoms with Gasteiger partial charge in [0.2, 0.25) is 10.0 Å². The Kier molecular flexibility index (Phi) is 9.98. The van der Waals surface area contributed by atoms with Crippen LogP contribution in [0.5, 0.6) is 0 Å². The molecule has 0 aromatic carbocycles.